The Labute approximate surface area is 236 Å². The van der Waals surface area contributed by atoms with E-state index in [9.17, 15) is 0 Å². The van der Waals surface area contributed by atoms with Gasteiger partial charge in [-0.3, -0.25) is 0 Å². The van der Waals surface area contributed by atoms with Crippen LogP contribution in [0.5, 0.6) is 0 Å². The van der Waals surface area contributed by atoms with Crippen molar-refractivity contribution in [2.75, 3.05) is 0 Å². The molecule has 0 spiro atoms. The second kappa shape index (κ2) is 199. The van der Waals surface area contributed by atoms with Gasteiger partial charge in [-0.05, 0) is 0 Å². The molecule has 114 valence electrons. The van der Waals surface area contributed by atoms with Crippen LogP contribution in [0.15, 0.2) is 0 Å². The minimum absolute atomic E-state index is 0. The molecule has 0 N–H and O–H groups in total. The molecule has 0 aromatic heterocycles. The van der Waals surface area contributed by atoms with E-state index >= 15 is 0 Å². The molecule has 0 amide bonds. The van der Waals surface area contributed by atoms with E-state index in [4.69, 9.17) is 0 Å². The van der Waals surface area contributed by atoms with E-state index in [1.54, 1.807) is 0 Å². The van der Waals surface area contributed by atoms with Crippen LogP contribution in [0, 0.1) is 0 Å². The first-order valence-corrected chi connectivity index (χ1v) is 1.50. The molecule has 16 heteroatoms. The molecule has 0 atom stereocenters. The van der Waals surface area contributed by atoms with Gasteiger partial charge in [0.2, 0.25) is 0 Å². The monoisotopic (exact) mass is 703 g/mol. The number of hydrogen-bond donors (Lipinski definition) is 0. The molecule has 0 unspecified atom stereocenters. The molecule has 0 aliphatic carbocycles. The Bertz CT molecular complexity index is 16.0. The summed E-state index contributed by atoms with van der Waals surface area (Å²) in [5, 5.41) is 0. The zero-order chi connectivity index (χ0) is 2.00. The standard InChI is InChI=1S/8Fe.S2.6S/c;;;;;;;;1-2;;;;;;/q;;;;;;2*+3;-2;6*-1. The summed E-state index contributed by atoms with van der Waals surface area (Å²) in [6, 6.07) is 0. The van der Waals surface area contributed by atoms with E-state index in [-0.39, 0.29) is 218 Å². The van der Waals surface area contributed by atoms with Crippen molar-refractivity contribution < 1.29 is 137 Å². The maximum absolute atomic E-state index is 3.67. The summed E-state index contributed by atoms with van der Waals surface area (Å²) in [4.78, 5) is 0. The van der Waals surface area contributed by atoms with Crippen LogP contribution in [-0.2, 0) is 241 Å². The van der Waals surface area contributed by atoms with Gasteiger partial charge in [0, 0.05) is 102 Å². The first-order valence-electron chi connectivity index (χ1n) is 0.167. The normalized spacial score (nSPS) is 0.375. The molecule has 0 saturated heterocycles. The molecule has 0 aliphatic heterocycles. The van der Waals surface area contributed by atoms with Crippen molar-refractivity contribution in [3.63, 3.8) is 0 Å². The van der Waals surface area contributed by atoms with Crippen molar-refractivity contribution in [1.82, 2.24) is 0 Å². The van der Waals surface area contributed by atoms with Crippen LogP contribution in [0.2, 0.25) is 0 Å². The maximum atomic E-state index is 3.67. The van der Waals surface area contributed by atoms with Crippen molar-refractivity contribution in [1.29, 1.82) is 0 Å². The minimum atomic E-state index is 0. The molecule has 0 aromatic carbocycles. The maximum Gasteiger partial charge on any atom is 3.00 e. The summed E-state index contributed by atoms with van der Waals surface area (Å²) in [6.45, 7) is 0. The van der Waals surface area contributed by atoms with Crippen molar-refractivity contribution >= 4 is 104 Å². The van der Waals surface area contributed by atoms with Crippen LogP contribution in [0.1, 0.15) is 0 Å². The zero-order valence-corrected chi connectivity index (χ0v) is 21.5. The fourth-order valence-electron chi connectivity index (χ4n) is 0. The van der Waals surface area contributed by atoms with Gasteiger partial charge in [0.15, 0.2) is 0 Å². The zero-order valence-electron chi connectivity index (χ0n) is 6.09. The second-order valence-electron chi connectivity index (χ2n) is 0. The molecular formula is Fe8S8-2. The Morgan fingerprint density at radius 2 is 0.312 bits per heavy atom. The van der Waals surface area contributed by atoms with Gasteiger partial charge in [-0.1, -0.05) is 0 Å². The Hall–Kier alpha value is 6.96. The molecule has 0 aliphatic rings. The average molecular weight is 703 g/mol. The fraction of sp³-hybridized carbons (Fsp3) is 0. The molecule has 0 fully saturated rings. The van der Waals surface area contributed by atoms with Crippen LogP contribution in [-0.4, -0.2) is 0 Å². The van der Waals surface area contributed by atoms with E-state index < -0.39 is 0 Å². The Balaban J connectivity index is -0.0000000000549. The summed E-state index contributed by atoms with van der Waals surface area (Å²) in [5.41, 5.74) is 0. The van der Waals surface area contributed by atoms with Crippen molar-refractivity contribution in [3.8, 4) is 0 Å². The SMILES string of the molecule is [Fe+3].[Fe+3].[Fe].[Fe].[Fe].[Fe].[Fe].[Fe].[S-].[S-].[S-].[S-].[S-].[S-].[S-][S-]. The molecule has 0 saturated carbocycles. The van der Waals surface area contributed by atoms with E-state index in [1.165, 1.54) is 0 Å². The third kappa shape index (κ3) is 172. The summed E-state index contributed by atoms with van der Waals surface area (Å²) < 4.78 is 0. The quantitative estimate of drug-likeness (QED) is 0.198. The van der Waals surface area contributed by atoms with E-state index in [1.807, 2.05) is 0 Å². The summed E-state index contributed by atoms with van der Waals surface area (Å²) in [7, 11) is 0. The van der Waals surface area contributed by atoms with E-state index in [0.29, 0.717) is 0 Å². The second-order valence-corrected chi connectivity index (χ2v) is 0. The van der Waals surface area contributed by atoms with Gasteiger partial charge in [-0.15, -0.1) is 0 Å². The third-order valence-corrected chi connectivity index (χ3v) is 0. The van der Waals surface area contributed by atoms with Gasteiger partial charge in [0.25, 0.3) is 0 Å². The smallest absolute Gasteiger partial charge is 1.00 e. The third-order valence-electron chi connectivity index (χ3n) is 0. The van der Waals surface area contributed by atoms with Crippen LogP contribution in [0.3, 0.4) is 0 Å². The average Bonchev–Trinajstić information content (AvgIpc) is 1.00. The minimum Gasteiger partial charge on any atom is -1.00 e. The molecular weight excluding hydrogens is 703 g/mol. The predicted octanol–water partition coefficient (Wildman–Crippen LogP) is -0.0392. The van der Waals surface area contributed by atoms with Crippen molar-refractivity contribution in [2.24, 2.45) is 0 Å². The van der Waals surface area contributed by atoms with E-state index in [0.717, 1.165) is 0 Å². The molecule has 8 radical (unpaired) electrons. The van der Waals surface area contributed by atoms with E-state index in [2.05, 4.69) is 23.3 Å². The first kappa shape index (κ1) is 175. The Kier molecular flexibility index (Phi) is 2180. The summed E-state index contributed by atoms with van der Waals surface area (Å²) in [5.74, 6) is 0. The van der Waals surface area contributed by atoms with Crippen LogP contribution in [0.25, 0.3) is 0 Å². The summed E-state index contributed by atoms with van der Waals surface area (Å²) in [6.07, 6.45) is 0. The molecule has 16 heavy (non-hydrogen) atoms. The predicted molar refractivity (Wildman–Crippen MR) is 58.9 cm³/mol. The molecule has 0 rings (SSSR count). The van der Waals surface area contributed by atoms with Crippen LogP contribution in [0.4, 0.5) is 0 Å². The van der Waals surface area contributed by atoms with Crippen molar-refractivity contribution in [3.05, 3.63) is 0 Å². The number of rotatable bonds is 0. The largest absolute Gasteiger partial charge is 3.00 e. The van der Waals surface area contributed by atoms with Gasteiger partial charge < -0.3 is 104 Å². The number of hydrogen-bond acceptors (Lipinski definition) is 8. The van der Waals surface area contributed by atoms with Crippen LogP contribution < -0.4 is 0 Å². The van der Waals surface area contributed by atoms with Gasteiger partial charge in [-0.2, -0.15) is 0 Å². The Morgan fingerprint density at radius 1 is 0.312 bits per heavy atom. The van der Waals surface area contributed by atoms with Gasteiger partial charge in [0.05, 0.1) is 0 Å². The van der Waals surface area contributed by atoms with Gasteiger partial charge in [0.1, 0.15) is 0 Å². The fourth-order valence-corrected chi connectivity index (χ4v) is 0. The van der Waals surface area contributed by atoms with Gasteiger partial charge in [-0.25, -0.2) is 0 Å². The molecule has 0 bridgehead atoms. The topological polar surface area (TPSA) is 0 Å². The van der Waals surface area contributed by atoms with Crippen LogP contribution >= 0.6 is 0 Å². The van der Waals surface area contributed by atoms with Crippen molar-refractivity contribution in [2.45, 2.75) is 0 Å². The Morgan fingerprint density at radius 3 is 0.312 bits per heavy atom. The first-order chi connectivity index (χ1) is 1.00. The molecule has 0 aromatic rings. The molecule has 0 nitrogen and oxygen atoms in total. The van der Waals surface area contributed by atoms with Gasteiger partial charge >= 0.3 is 34.1 Å². The molecule has 0 heterocycles. The summed E-state index contributed by atoms with van der Waals surface area (Å²) >= 11 is 7.33.